The van der Waals surface area contributed by atoms with Gasteiger partial charge in [0, 0.05) is 23.6 Å². The summed E-state index contributed by atoms with van der Waals surface area (Å²) < 4.78 is 0. The van der Waals surface area contributed by atoms with Gasteiger partial charge in [-0.1, -0.05) is 6.07 Å². The van der Waals surface area contributed by atoms with Gasteiger partial charge in [-0.05, 0) is 24.6 Å². The molecule has 2 aromatic rings. The molecule has 0 saturated heterocycles. The van der Waals surface area contributed by atoms with Gasteiger partial charge in [-0.25, -0.2) is 0 Å². The molecule has 0 aliphatic rings. The molecule has 0 unspecified atom stereocenters. The van der Waals surface area contributed by atoms with Crippen molar-refractivity contribution in [3.8, 4) is 5.75 Å². The summed E-state index contributed by atoms with van der Waals surface area (Å²) in [4.78, 5) is 14.5. The van der Waals surface area contributed by atoms with Gasteiger partial charge in [0.1, 0.15) is 11.4 Å². The molecular formula is C12H13N3O2. The van der Waals surface area contributed by atoms with Gasteiger partial charge in [0.05, 0.1) is 0 Å². The maximum absolute atomic E-state index is 11.7. The molecule has 0 spiro atoms. The lowest BCUT2D eigenvalue weighted by Gasteiger charge is -2.05. The number of aromatic amines is 1. The summed E-state index contributed by atoms with van der Waals surface area (Å²) in [6.07, 6.45) is 1.54. The Labute approximate surface area is 98.3 Å². The summed E-state index contributed by atoms with van der Waals surface area (Å²) >= 11 is 0. The number of hydrogen-bond acceptors (Lipinski definition) is 3. The molecule has 0 bridgehead atoms. The fraction of sp³-hybridized carbons (Fsp3) is 0.0833. The van der Waals surface area contributed by atoms with Gasteiger partial charge >= 0.3 is 0 Å². The number of aromatic nitrogens is 1. The molecule has 17 heavy (non-hydrogen) atoms. The quantitative estimate of drug-likeness (QED) is 0.635. The van der Waals surface area contributed by atoms with Crippen LogP contribution >= 0.6 is 0 Å². The third kappa shape index (κ3) is 2.39. The molecule has 0 fully saturated rings. The number of hydrogen-bond donors (Lipinski definition) is 4. The van der Waals surface area contributed by atoms with Crippen LogP contribution in [0.3, 0.4) is 0 Å². The zero-order chi connectivity index (χ0) is 12.4. The Morgan fingerprint density at radius 1 is 1.41 bits per heavy atom. The summed E-state index contributed by atoms with van der Waals surface area (Å²) in [6.45, 7) is 1.78. The molecule has 1 aromatic heterocycles. The topological polar surface area (TPSA) is 91.1 Å². The average molecular weight is 231 g/mol. The number of phenolic OH excluding ortho intramolecular Hbond substituents is 1. The van der Waals surface area contributed by atoms with E-state index in [0.29, 0.717) is 17.1 Å². The second kappa shape index (κ2) is 4.21. The van der Waals surface area contributed by atoms with E-state index in [-0.39, 0.29) is 11.7 Å². The molecule has 0 aliphatic carbocycles. The van der Waals surface area contributed by atoms with E-state index in [4.69, 9.17) is 5.73 Å². The summed E-state index contributed by atoms with van der Waals surface area (Å²) in [7, 11) is 0. The molecule has 0 atom stereocenters. The predicted molar refractivity (Wildman–Crippen MR) is 66.0 cm³/mol. The van der Waals surface area contributed by atoms with E-state index in [9.17, 15) is 9.90 Å². The van der Waals surface area contributed by atoms with Crippen molar-refractivity contribution in [2.45, 2.75) is 6.92 Å². The Bertz CT molecular complexity index is 561. The Hall–Kier alpha value is -2.43. The van der Waals surface area contributed by atoms with Gasteiger partial charge in [-0.2, -0.15) is 0 Å². The summed E-state index contributed by atoms with van der Waals surface area (Å²) in [5, 5.41) is 12.2. The number of amides is 1. The van der Waals surface area contributed by atoms with Gasteiger partial charge in [-0.3, -0.25) is 4.79 Å². The highest BCUT2D eigenvalue weighted by Crippen LogP contribution is 2.21. The Morgan fingerprint density at radius 2 is 2.18 bits per heavy atom. The van der Waals surface area contributed by atoms with Crippen molar-refractivity contribution in [1.82, 2.24) is 4.98 Å². The standard InChI is InChI=1S/C12H13N3O2/c1-7-2-3-9(5-11(7)16)15-12(17)10-4-8(13)6-14-10/h2-6,14,16H,13H2,1H3,(H,15,17). The van der Waals surface area contributed by atoms with Crippen molar-refractivity contribution < 1.29 is 9.90 Å². The number of carbonyl (C=O) groups excluding carboxylic acids is 1. The first kappa shape index (κ1) is 11.1. The van der Waals surface area contributed by atoms with Crippen molar-refractivity contribution in [2.24, 2.45) is 0 Å². The molecule has 0 saturated carbocycles. The third-order valence-electron chi connectivity index (χ3n) is 2.42. The first-order valence-electron chi connectivity index (χ1n) is 5.11. The Balaban J connectivity index is 2.15. The molecule has 5 nitrogen and oxygen atoms in total. The highest BCUT2D eigenvalue weighted by molar-refractivity contribution is 6.03. The molecule has 88 valence electrons. The van der Waals surface area contributed by atoms with E-state index >= 15 is 0 Å². The average Bonchev–Trinajstić information content (AvgIpc) is 2.70. The van der Waals surface area contributed by atoms with Crippen LogP contribution in [0, 0.1) is 6.92 Å². The van der Waals surface area contributed by atoms with Crippen LogP contribution in [0.2, 0.25) is 0 Å². The Morgan fingerprint density at radius 3 is 2.76 bits per heavy atom. The molecule has 1 heterocycles. The molecule has 0 aliphatic heterocycles. The summed E-state index contributed by atoms with van der Waals surface area (Å²) in [5.74, 6) is -0.154. The lowest BCUT2D eigenvalue weighted by Crippen LogP contribution is -2.12. The van der Waals surface area contributed by atoms with E-state index in [0.717, 1.165) is 5.56 Å². The minimum absolute atomic E-state index is 0.147. The maximum Gasteiger partial charge on any atom is 0.272 e. The molecule has 1 amide bonds. The first-order chi connectivity index (χ1) is 8.06. The summed E-state index contributed by atoms with van der Waals surface area (Å²) in [6, 6.07) is 6.50. The summed E-state index contributed by atoms with van der Waals surface area (Å²) in [5.41, 5.74) is 7.67. The van der Waals surface area contributed by atoms with Crippen molar-refractivity contribution in [2.75, 3.05) is 11.1 Å². The van der Waals surface area contributed by atoms with Crippen LogP contribution in [0.4, 0.5) is 11.4 Å². The molecular weight excluding hydrogens is 218 g/mol. The first-order valence-corrected chi connectivity index (χ1v) is 5.11. The molecule has 5 heteroatoms. The van der Waals surface area contributed by atoms with Crippen molar-refractivity contribution in [1.29, 1.82) is 0 Å². The smallest absolute Gasteiger partial charge is 0.272 e. The molecule has 1 aromatic carbocycles. The van der Waals surface area contributed by atoms with E-state index in [2.05, 4.69) is 10.3 Å². The van der Waals surface area contributed by atoms with Crippen molar-refractivity contribution in [3.63, 3.8) is 0 Å². The van der Waals surface area contributed by atoms with Gasteiger partial charge in [0.25, 0.3) is 5.91 Å². The third-order valence-corrected chi connectivity index (χ3v) is 2.42. The van der Waals surface area contributed by atoms with E-state index in [1.165, 1.54) is 6.07 Å². The van der Waals surface area contributed by atoms with Crippen molar-refractivity contribution >= 4 is 17.3 Å². The fourth-order valence-electron chi connectivity index (χ4n) is 1.43. The van der Waals surface area contributed by atoms with Crippen LogP contribution in [-0.4, -0.2) is 16.0 Å². The number of nitrogens with two attached hydrogens (primary N) is 1. The number of aryl methyl sites for hydroxylation is 1. The molecule has 5 N–H and O–H groups in total. The van der Waals surface area contributed by atoms with E-state index < -0.39 is 0 Å². The number of nitrogens with one attached hydrogen (secondary N) is 2. The van der Waals surface area contributed by atoms with Gasteiger partial charge in [0.15, 0.2) is 0 Å². The second-order valence-electron chi connectivity index (χ2n) is 3.80. The number of nitrogen functional groups attached to an aromatic ring is 1. The fourth-order valence-corrected chi connectivity index (χ4v) is 1.43. The van der Waals surface area contributed by atoms with Crippen LogP contribution in [-0.2, 0) is 0 Å². The highest BCUT2D eigenvalue weighted by atomic mass is 16.3. The van der Waals surface area contributed by atoms with Crippen LogP contribution in [0.15, 0.2) is 30.5 Å². The number of rotatable bonds is 2. The minimum atomic E-state index is -0.301. The maximum atomic E-state index is 11.7. The number of benzene rings is 1. The van der Waals surface area contributed by atoms with Gasteiger partial charge in [0.2, 0.25) is 0 Å². The Kier molecular flexibility index (Phi) is 2.74. The number of H-pyrrole nitrogens is 1. The minimum Gasteiger partial charge on any atom is -0.508 e. The lowest BCUT2D eigenvalue weighted by atomic mass is 10.2. The van der Waals surface area contributed by atoms with E-state index in [1.54, 1.807) is 31.3 Å². The van der Waals surface area contributed by atoms with E-state index in [1.807, 2.05) is 0 Å². The number of phenols is 1. The van der Waals surface area contributed by atoms with Crippen molar-refractivity contribution in [3.05, 3.63) is 41.7 Å². The molecule has 2 rings (SSSR count). The number of anilines is 2. The number of carbonyl (C=O) groups is 1. The zero-order valence-corrected chi connectivity index (χ0v) is 9.32. The predicted octanol–water partition coefficient (Wildman–Crippen LogP) is 1.86. The highest BCUT2D eigenvalue weighted by Gasteiger charge is 2.08. The monoisotopic (exact) mass is 231 g/mol. The van der Waals surface area contributed by atoms with Crippen LogP contribution in [0.1, 0.15) is 16.1 Å². The van der Waals surface area contributed by atoms with Crippen LogP contribution < -0.4 is 11.1 Å². The normalized spacial score (nSPS) is 10.2. The largest absolute Gasteiger partial charge is 0.508 e. The second-order valence-corrected chi connectivity index (χ2v) is 3.80. The zero-order valence-electron chi connectivity index (χ0n) is 9.32. The lowest BCUT2D eigenvalue weighted by molar-refractivity contribution is 0.102. The number of aromatic hydroxyl groups is 1. The van der Waals surface area contributed by atoms with Crippen LogP contribution in [0.25, 0.3) is 0 Å². The van der Waals surface area contributed by atoms with Crippen LogP contribution in [0.5, 0.6) is 5.75 Å². The van der Waals surface area contributed by atoms with Gasteiger partial charge < -0.3 is 21.1 Å². The van der Waals surface area contributed by atoms with Gasteiger partial charge in [-0.15, -0.1) is 0 Å². The SMILES string of the molecule is Cc1ccc(NC(=O)c2cc(N)c[nH]2)cc1O. The molecule has 0 radical (unpaired) electrons.